The lowest BCUT2D eigenvalue weighted by molar-refractivity contribution is -0.140. The van der Waals surface area contributed by atoms with Crippen LogP contribution in [0.15, 0.2) is 12.2 Å². The largest absolute Gasteiger partial charge is 0.469 e. The van der Waals surface area contributed by atoms with Crippen LogP contribution >= 0.6 is 0 Å². The smallest absolute Gasteiger partial charge is 0.305 e. The highest BCUT2D eigenvalue weighted by Gasteiger charge is 2.32. The van der Waals surface area contributed by atoms with E-state index < -0.39 is 5.60 Å². The highest BCUT2D eigenvalue weighted by molar-refractivity contribution is 5.83. The molecule has 0 aromatic rings. The van der Waals surface area contributed by atoms with Crippen molar-refractivity contribution in [3.8, 4) is 0 Å². The summed E-state index contributed by atoms with van der Waals surface area (Å²) < 4.78 is 9.67. The number of carbonyl (C=O) groups is 2. The van der Waals surface area contributed by atoms with Gasteiger partial charge in [0.25, 0.3) is 0 Å². The Labute approximate surface area is 158 Å². The molecule has 0 radical (unpaired) electrons. The van der Waals surface area contributed by atoms with E-state index in [4.69, 9.17) is 4.74 Å². The predicted molar refractivity (Wildman–Crippen MR) is 102 cm³/mol. The van der Waals surface area contributed by atoms with Gasteiger partial charge in [-0.15, -0.1) is 0 Å². The zero-order chi connectivity index (χ0) is 19.4. The quantitative estimate of drug-likeness (QED) is 0.304. The van der Waals surface area contributed by atoms with E-state index in [1.807, 2.05) is 13.0 Å². The Balaban J connectivity index is 2.35. The van der Waals surface area contributed by atoms with Crippen LogP contribution in [0.25, 0.3) is 0 Å². The Morgan fingerprint density at radius 2 is 1.96 bits per heavy atom. The molecule has 0 aliphatic heterocycles. The number of ketones is 1. The second-order valence-corrected chi connectivity index (χ2v) is 7.62. The third-order valence-corrected chi connectivity index (χ3v) is 5.26. The number of ether oxygens (including phenoxy) is 2. The van der Waals surface area contributed by atoms with Crippen LogP contribution in [0.3, 0.4) is 0 Å². The fourth-order valence-electron chi connectivity index (χ4n) is 3.62. The molecule has 1 N–H and O–H groups in total. The molecule has 3 unspecified atom stereocenters. The maximum Gasteiger partial charge on any atom is 0.305 e. The summed E-state index contributed by atoms with van der Waals surface area (Å²) in [6.07, 6.45) is 12.2. The Morgan fingerprint density at radius 3 is 2.65 bits per heavy atom. The van der Waals surface area contributed by atoms with Crippen molar-refractivity contribution in [1.82, 2.24) is 0 Å². The third kappa shape index (κ3) is 8.95. The first-order chi connectivity index (χ1) is 12.4. The lowest BCUT2D eigenvalue weighted by Crippen LogP contribution is -2.22. The average molecular weight is 369 g/mol. The Hall–Kier alpha value is -1.20. The van der Waals surface area contributed by atoms with Crippen LogP contribution in [0.4, 0.5) is 0 Å². The molecule has 5 heteroatoms. The second kappa shape index (κ2) is 12.2. The van der Waals surface area contributed by atoms with E-state index >= 15 is 0 Å². The van der Waals surface area contributed by atoms with E-state index in [9.17, 15) is 14.7 Å². The van der Waals surface area contributed by atoms with Crippen molar-refractivity contribution in [3.05, 3.63) is 12.2 Å². The van der Waals surface area contributed by atoms with Gasteiger partial charge in [-0.3, -0.25) is 9.59 Å². The minimum Gasteiger partial charge on any atom is -0.469 e. The van der Waals surface area contributed by atoms with Crippen molar-refractivity contribution in [2.24, 2.45) is 11.8 Å². The molecule has 0 heterocycles. The third-order valence-electron chi connectivity index (χ3n) is 5.26. The highest BCUT2D eigenvalue weighted by atomic mass is 16.5. The monoisotopic (exact) mass is 368 g/mol. The van der Waals surface area contributed by atoms with E-state index in [1.54, 1.807) is 7.11 Å². The minimum absolute atomic E-state index is 0.0848. The maximum atomic E-state index is 12.2. The summed E-state index contributed by atoms with van der Waals surface area (Å²) in [7, 11) is 3.07. The number of unbranched alkanes of at least 4 members (excludes halogenated alkanes) is 3. The molecule has 1 aliphatic rings. The molecule has 150 valence electrons. The number of rotatable bonds is 13. The van der Waals surface area contributed by atoms with Gasteiger partial charge in [0.1, 0.15) is 5.78 Å². The summed E-state index contributed by atoms with van der Waals surface area (Å²) in [5.41, 5.74) is -0.845. The second-order valence-electron chi connectivity index (χ2n) is 7.62. The molecule has 0 bridgehead atoms. The molecule has 0 aromatic heterocycles. The van der Waals surface area contributed by atoms with Crippen LogP contribution in [0, 0.1) is 11.8 Å². The predicted octanol–water partition coefficient (Wildman–Crippen LogP) is 3.83. The van der Waals surface area contributed by atoms with E-state index in [-0.39, 0.29) is 17.8 Å². The number of Topliss-reactive ketones (excluding diaryl/α,β-unsaturated/α-hetero) is 1. The normalized spacial score (nSPS) is 22.7. The minimum atomic E-state index is -0.845. The number of carbonyl (C=O) groups excluding carboxylic acids is 2. The van der Waals surface area contributed by atoms with Gasteiger partial charge in [0.2, 0.25) is 0 Å². The SMILES string of the molecule is COCCCC(C)(O)/C=C/C1CCC(=O)C1CCCCCCC(=O)OC. The molecular formula is C21H36O5. The Bertz CT molecular complexity index is 455. The molecule has 1 aliphatic carbocycles. The highest BCUT2D eigenvalue weighted by Crippen LogP contribution is 2.34. The van der Waals surface area contributed by atoms with E-state index in [0.717, 1.165) is 44.9 Å². The average Bonchev–Trinajstić information content (AvgIpc) is 2.96. The van der Waals surface area contributed by atoms with Gasteiger partial charge in [0, 0.05) is 32.5 Å². The van der Waals surface area contributed by atoms with Crippen molar-refractivity contribution in [3.63, 3.8) is 0 Å². The first-order valence-electron chi connectivity index (χ1n) is 9.90. The van der Waals surface area contributed by atoms with Gasteiger partial charge in [-0.05, 0) is 44.9 Å². The molecule has 1 fully saturated rings. The molecule has 5 nitrogen and oxygen atoms in total. The van der Waals surface area contributed by atoms with Crippen molar-refractivity contribution >= 4 is 11.8 Å². The van der Waals surface area contributed by atoms with E-state index in [2.05, 4.69) is 10.8 Å². The van der Waals surface area contributed by atoms with Gasteiger partial charge >= 0.3 is 5.97 Å². The summed E-state index contributed by atoms with van der Waals surface area (Å²) in [5.74, 6) is 0.528. The van der Waals surface area contributed by atoms with Crippen LogP contribution in [0.1, 0.15) is 71.1 Å². The van der Waals surface area contributed by atoms with E-state index in [0.29, 0.717) is 31.7 Å². The van der Waals surface area contributed by atoms with Crippen LogP contribution in [0.5, 0.6) is 0 Å². The molecule has 1 saturated carbocycles. The van der Waals surface area contributed by atoms with Gasteiger partial charge in [0.15, 0.2) is 0 Å². The molecule has 3 atom stereocenters. The lowest BCUT2D eigenvalue weighted by Gasteiger charge is -2.21. The van der Waals surface area contributed by atoms with Crippen molar-refractivity contribution in [2.45, 2.75) is 76.7 Å². The van der Waals surface area contributed by atoms with Crippen molar-refractivity contribution < 1.29 is 24.2 Å². The first-order valence-corrected chi connectivity index (χ1v) is 9.90. The number of hydrogen-bond acceptors (Lipinski definition) is 5. The summed E-state index contributed by atoms with van der Waals surface area (Å²) in [6, 6.07) is 0. The van der Waals surface area contributed by atoms with E-state index in [1.165, 1.54) is 7.11 Å². The van der Waals surface area contributed by atoms with Crippen LogP contribution in [-0.2, 0) is 19.1 Å². The van der Waals surface area contributed by atoms with Crippen LogP contribution in [0.2, 0.25) is 0 Å². The maximum absolute atomic E-state index is 12.2. The molecule has 1 rings (SSSR count). The molecular weight excluding hydrogens is 332 g/mol. The van der Waals surface area contributed by atoms with Gasteiger partial charge in [0.05, 0.1) is 12.7 Å². The van der Waals surface area contributed by atoms with Gasteiger partial charge < -0.3 is 14.6 Å². The summed E-state index contributed by atoms with van der Waals surface area (Å²) in [4.78, 5) is 23.3. The number of methoxy groups -OCH3 is 2. The molecule has 26 heavy (non-hydrogen) atoms. The first kappa shape index (κ1) is 22.8. The summed E-state index contributed by atoms with van der Waals surface area (Å²) in [5, 5.41) is 10.4. The van der Waals surface area contributed by atoms with Gasteiger partial charge in [-0.1, -0.05) is 31.4 Å². The Morgan fingerprint density at radius 1 is 1.23 bits per heavy atom. The molecule has 0 spiro atoms. The number of aliphatic hydroxyl groups is 1. The standard InChI is InChI=1S/C21H36O5/c1-21(24,14-8-16-25-2)15-13-17-11-12-19(22)18(17)9-6-4-5-7-10-20(23)26-3/h13,15,17-18,24H,4-12,14,16H2,1-3H3/b15-13+. The van der Waals surface area contributed by atoms with Crippen LogP contribution < -0.4 is 0 Å². The summed E-state index contributed by atoms with van der Waals surface area (Å²) in [6.45, 7) is 2.46. The van der Waals surface area contributed by atoms with Crippen molar-refractivity contribution in [2.75, 3.05) is 20.8 Å². The number of hydrogen-bond donors (Lipinski definition) is 1. The summed E-state index contributed by atoms with van der Waals surface area (Å²) >= 11 is 0. The lowest BCUT2D eigenvalue weighted by atomic mass is 9.88. The topological polar surface area (TPSA) is 72.8 Å². The fourth-order valence-corrected chi connectivity index (χ4v) is 3.62. The Kier molecular flexibility index (Phi) is 10.7. The fraction of sp³-hybridized carbons (Fsp3) is 0.810. The van der Waals surface area contributed by atoms with Crippen LogP contribution in [-0.4, -0.2) is 43.3 Å². The number of esters is 1. The number of allylic oxidation sites excluding steroid dienone is 1. The molecule has 0 saturated heterocycles. The zero-order valence-corrected chi connectivity index (χ0v) is 16.7. The van der Waals surface area contributed by atoms with Gasteiger partial charge in [-0.2, -0.15) is 0 Å². The molecule has 0 aromatic carbocycles. The van der Waals surface area contributed by atoms with Crippen molar-refractivity contribution in [1.29, 1.82) is 0 Å². The van der Waals surface area contributed by atoms with Gasteiger partial charge in [-0.25, -0.2) is 0 Å². The molecule has 0 amide bonds. The zero-order valence-electron chi connectivity index (χ0n) is 16.7.